The second-order valence-corrected chi connectivity index (χ2v) is 3.15. The number of rotatable bonds is 1. The molecule has 0 aromatic rings. The molecule has 0 radical (unpaired) electrons. The van der Waals surface area contributed by atoms with Gasteiger partial charge in [0.1, 0.15) is 0 Å². The van der Waals surface area contributed by atoms with Crippen LogP contribution in [-0.4, -0.2) is 24.0 Å². The van der Waals surface area contributed by atoms with Crippen LogP contribution in [0.25, 0.3) is 0 Å². The molecule has 2 atom stereocenters. The number of likely N-dealkylation sites (tertiary alicyclic amines) is 1. The predicted octanol–water partition coefficient (Wildman–Crippen LogP) is 1.88. The molecule has 0 aliphatic carbocycles. The van der Waals surface area contributed by atoms with Crippen molar-refractivity contribution in [1.29, 1.82) is 0 Å². The van der Waals surface area contributed by atoms with Crippen LogP contribution in [0.2, 0.25) is 0 Å². The summed E-state index contributed by atoms with van der Waals surface area (Å²) in [7, 11) is 2.24. The molecule has 9 heavy (non-hydrogen) atoms. The third-order valence-corrected chi connectivity index (χ3v) is 2.66. The molecule has 0 N–H and O–H groups in total. The fourth-order valence-corrected chi connectivity index (χ4v) is 1.69. The molecule has 0 aromatic carbocycles. The van der Waals surface area contributed by atoms with Crippen LogP contribution >= 0.6 is 0 Å². The van der Waals surface area contributed by atoms with Crippen LogP contribution in [-0.2, 0) is 0 Å². The number of hydrogen-bond acceptors (Lipinski definition) is 1. The van der Waals surface area contributed by atoms with Crippen LogP contribution in [0.1, 0.15) is 33.1 Å². The average molecular weight is 127 g/mol. The van der Waals surface area contributed by atoms with Crippen molar-refractivity contribution in [3.8, 4) is 0 Å². The molecule has 1 rings (SSSR count). The fourth-order valence-electron chi connectivity index (χ4n) is 1.69. The van der Waals surface area contributed by atoms with Gasteiger partial charge in [0.2, 0.25) is 0 Å². The second kappa shape index (κ2) is 2.70. The Balaban J connectivity index is 2.41. The van der Waals surface area contributed by atoms with Crippen LogP contribution < -0.4 is 0 Å². The van der Waals surface area contributed by atoms with Gasteiger partial charge in [0.25, 0.3) is 0 Å². The van der Waals surface area contributed by atoms with E-state index in [1.807, 2.05) is 0 Å². The molecule has 1 heterocycles. The highest BCUT2D eigenvalue weighted by atomic mass is 15.2. The average Bonchev–Trinajstić information content (AvgIpc) is 2.15. The van der Waals surface area contributed by atoms with Gasteiger partial charge >= 0.3 is 0 Å². The Hall–Kier alpha value is -0.0400. The van der Waals surface area contributed by atoms with E-state index in [4.69, 9.17) is 0 Å². The minimum Gasteiger partial charge on any atom is -0.301 e. The van der Waals surface area contributed by atoms with Crippen molar-refractivity contribution in [2.45, 2.75) is 45.2 Å². The van der Waals surface area contributed by atoms with Gasteiger partial charge < -0.3 is 4.90 Å². The lowest BCUT2D eigenvalue weighted by atomic mass is 10.2. The van der Waals surface area contributed by atoms with Crippen LogP contribution in [0.15, 0.2) is 0 Å². The normalized spacial score (nSPS) is 37.7. The van der Waals surface area contributed by atoms with E-state index in [2.05, 4.69) is 25.8 Å². The Labute approximate surface area is 58.0 Å². The first-order valence-corrected chi connectivity index (χ1v) is 3.97. The molecular weight excluding hydrogens is 110 g/mol. The Morgan fingerprint density at radius 1 is 1.44 bits per heavy atom. The summed E-state index contributed by atoms with van der Waals surface area (Å²) in [4.78, 5) is 2.50. The lowest BCUT2D eigenvalue weighted by molar-refractivity contribution is 0.248. The van der Waals surface area contributed by atoms with Gasteiger partial charge in [-0.2, -0.15) is 0 Å². The maximum atomic E-state index is 2.50. The summed E-state index contributed by atoms with van der Waals surface area (Å²) < 4.78 is 0. The van der Waals surface area contributed by atoms with Gasteiger partial charge in [-0.15, -0.1) is 0 Å². The fraction of sp³-hybridized carbons (Fsp3) is 1.00. The Morgan fingerprint density at radius 2 is 2.11 bits per heavy atom. The predicted molar refractivity (Wildman–Crippen MR) is 40.5 cm³/mol. The topological polar surface area (TPSA) is 3.24 Å². The molecule has 1 heteroatoms. The summed E-state index contributed by atoms with van der Waals surface area (Å²) in [6.07, 6.45) is 4.13. The van der Waals surface area contributed by atoms with E-state index in [-0.39, 0.29) is 0 Å². The summed E-state index contributed by atoms with van der Waals surface area (Å²) in [6, 6.07) is 1.70. The Bertz CT molecular complexity index is 90.6. The van der Waals surface area contributed by atoms with Crippen molar-refractivity contribution in [2.24, 2.45) is 0 Å². The third kappa shape index (κ3) is 1.26. The van der Waals surface area contributed by atoms with Gasteiger partial charge in [0.05, 0.1) is 0 Å². The maximum absolute atomic E-state index is 2.50. The van der Waals surface area contributed by atoms with Gasteiger partial charge in [0.15, 0.2) is 0 Å². The zero-order valence-electron chi connectivity index (χ0n) is 6.72. The molecule has 1 saturated heterocycles. The highest BCUT2D eigenvalue weighted by molar-refractivity contribution is 4.80. The molecule has 1 aliphatic rings. The lowest BCUT2D eigenvalue weighted by Gasteiger charge is -2.21. The summed E-state index contributed by atoms with van der Waals surface area (Å²) in [5, 5.41) is 0. The molecule has 1 nitrogen and oxygen atoms in total. The zero-order chi connectivity index (χ0) is 6.85. The molecule has 0 bridgehead atoms. The van der Waals surface area contributed by atoms with Crippen LogP contribution in [0.3, 0.4) is 0 Å². The number of hydrogen-bond donors (Lipinski definition) is 0. The molecule has 1 aliphatic heterocycles. The van der Waals surface area contributed by atoms with Crippen LogP contribution in [0, 0.1) is 0 Å². The van der Waals surface area contributed by atoms with Crippen molar-refractivity contribution >= 4 is 0 Å². The first kappa shape index (κ1) is 7.07. The van der Waals surface area contributed by atoms with E-state index in [9.17, 15) is 0 Å². The molecule has 0 saturated carbocycles. The lowest BCUT2D eigenvalue weighted by Crippen LogP contribution is -2.29. The Kier molecular flexibility index (Phi) is 2.12. The van der Waals surface area contributed by atoms with Gasteiger partial charge in [-0.1, -0.05) is 6.92 Å². The minimum atomic E-state index is 0.829. The van der Waals surface area contributed by atoms with Gasteiger partial charge in [-0.05, 0) is 33.2 Å². The third-order valence-electron chi connectivity index (χ3n) is 2.66. The van der Waals surface area contributed by atoms with Crippen LogP contribution in [0.5, 0.6) is 0 Å². The largest absolute Gasteiger partial charge is 0.301 e. The zero-order valence-corrected chi connectivity index (χ0v) is 6.72. The first-order valence-electron chi connectivity index (χ1n) is 3.97. The van der Waals surface area contributed by atoms with E-state index in [0.29, 0.717) is 0 Å². The number of nitrogens with zero attached hydrogens (tertiary/aromatic N) is 1. The summed E-state index contributed by atoms with van der Waals surface area (Å²) >= 11 is 0. The van der Waals surface area contributed by atoms with Gasteiger partial charge in [-0.3, -0.25) is 0 Å². The van der Waals surface area contributed by atoms with Crippen molar-refractivity contribution in [3.05, 3.63) is 0 Å². The standard InChI is InChI=1S/C8H17N/c1-4-8-6-5-7(2)9(8)3/h7-8H,4-6H2,1-3H3/t7?,8-/m0/s1. The van der Waals surface area contributed by atoms with Crippen molar-refractivity contribution < 1.29 is 0 Å². The molecule has 0 amide bonds. The first-order chi connectivity index (χ1) is 4.25. The van der Waals surface area contributed by atoms with Crippen molar-refractivity contribution in [1.82, 2.24) is 4.90 Å². The van der Waals surface area contributed by atoms with E-state index >= 15 is 0 Å². The Morgan fingerprint density at radius 3 is 2.33 bits per heavy atom. The minimum absolute atomic E-state index is 0.829. The van der Waals surface area contributed by atoms with Crippen LogP contribution in [0.4, 0.5) is 0 Å². The summed E-state index contributed by atoms with van der Waals surface area (Å²) in [5.41, 5.74) is 0. The van der Waals surface area contributed by atoms with Crippen molar-refractivity contribution in [2.75, 3.05) is 7.05 Å². The van der Waals surface area contributed by atoms with E-state index in [1.165, 1.54) is 19.3 Å². The molecule has 54 valence electrons. The van der Waals surface area contributed by atoms with E-state index in [1.54, 1.807) is 0 Å². The SMILES string of the molecule is CC[C@H]1CCC(C)N1C. The monoisotopic (exact) mass is 127 g/mol. The van der Waals surface area contributed by atoms with E-state index in [0.717, 1.165) is 12.1 Å². The summed E-state index contributed by atoms with van der Waals surface area (Å²) in [6.45, 7) is 4.59. The summed E-state index contributed by atoms with van der Waals surface area (Å²) in [5.74, 6) is 0. The molecule has 0 aromatic heterocycles. The quantitative estimate of drug-likeness (QED) is 0.520. The highest BCUT2D eigenvalue weighted by Crippen LogP contribution is 2.23. The molecule has 1 unspecified atom stereocenters. The smallest absolute Gasteiger partial charge is 0.00929 e. The molecule has 1 fully saturated rings. The highest BCUT2D eigenvalue weighted by Gasteiger charge is 2.24. The van der Waals surface area contributed by atoms with Gasteiger partial charge in [0, 0.05) is 12.1 Å². The molecular formula is C8H17N. The van der Waals surface area contributed by atoms with Crippen molar-refractivity contribution in [3.63, 3.8) is 0 Å². The molecule has 0 spiro atoms. The van der Waals surface area contributed by atoms with Gasteiger partial charge in [-0.25, -0.2) is 0 Å². The second-order valence-electron chi connectivity index (χ2n) is 3.15. The van der Waals surface area contributed by atoms with E-state index < -0.39 is 0 Å². The maximum Gasteiger partial charge on any atom is 0.00929 e.